The number of rotatable bonds is 6. The Hall–Kier alpha value is -1.99. The zero-order chi connectivity index (χ0) is 18.6. The van der Waals surface area contributed by atoms with Gasteiger partial charge in [-0.25, -0.2) is 9.07 Å². The highest BCUT2D eigenvalue weighted by Gasteiger charge is 2.31. The monoisotopic (exact) mass is 373 g/mol. The molecule has 0 radical (unpaired) electrons. The molecule has 1 N–H and O–H groups in total. The molecule has 7 heteroatoms. The molecule has 0 aliphatic carbocycles. The number of anilines is 1. The Balaban J connectivity index is 1.28. The second-order valence-electron chi connectivity index (χ2n) is 7.65. The molecule has 1 aromatic heterocycles. The highest BCUT2D eigenvalue weighted by atomic mass is 19.1. The van der Waals surface area contributed by atoms with E-state index in [-0.39, 0.29) is 12.4 Å². The third-order valence-electron chi connectivity index (χ3n) is 5.89. The molecule has 6 nitrogen and oxygen atoms in total. The van der Waals surface area contributed by atoms with Crippen molar-refractivity contribution in [2.75, 3.05) is 37.7 Å². The van der Waals surface area contributed by atoms with Gasteiger partial charge in [-0.15, -0.1) is 5.10 Å². The lowest BCUT2D eigenvalue weighted by Crippen LogP contribution is -2.43. The normalized spacial score (nSPS) is 21.9. The van der Waals surface area contributed by atoms with Crippen molar-refractivity contribution in [1.29, 1.82) is 0 Å². The van der Waals surface area contributed by atoms with Gasteiger partial charge in [0.2, 0.25) is 0 Å². The molecule has 0 spiro atoms. The van der Waals surface area contributed by atoms with E-state index in [1.54, 1.807) is 12.1 Å². The summed E-state index contributed by atoms with van der Waals surface area (Å²) in [4.78, 5) is 4.96. The smallest absolute Gasteiger partial charge is 0.123 e. The summed E-state index contributed by atoms with van der Waals surface area (Å²) in [5.41, 5.74) is 2.09. The lowest BCUT2D eigenvalue weighted by Gasteiger charge is -2.35. The topological polar surface area (TPSA) is 57.4 Å². The predicted octanol–water partition coefficient (Wildman–Crippen LogP) is 2.26. The van der Waals surface area contributed by atoms with E-state index in [2.05, 4.69) is 20.1 Å². The number of aryl methyl sites for hydroxylation is 1. The van der Waals surface area contributed by atoms with Crippen LogP contribution in [0.15, 0.2) is 30.5 Å². The van der Waals surface area contributed by atoms with Gasteiger partial charge in [0.15, 0.2) is 0 Å². The first-order valence-corrected chi connectivity index (χ1v) is 9.99. The summed E-state index contributed by atoms with van der Waals surface area (Å²) in [6.07, 6.45) is 6.92. The Kier molecular flexibility index (Phi) is 5.69. The first kappa shape index (κ1) is 18.4. The molecule has 4 rings (SSSR count). The third kappa shape index (κ3) is 4.30. The molecule has 2 aliphatic rings. The second-order valence-corrected chi connectivity index (χ2v) is 7.65. The van der Waals surface area contributed by atoms with Crippen LogP contribution in [0.3, 0.4) is 0 Å². The standard InChI is InChI=1S/C20H28FN5O/c21-16-3-5-18(6-4-16)25-12-9-20(15-25)24-10-7-19(8-11-24)26-14-17(22-23-26)2-1-13-27/h3-6,14,19-20,27H,1-2,7-13,15H2. The molecule has 1 aromatic carbocycles. The van der Waals surface area contributed by atoms with E-state index in [9.17, 15) is 4.39 Å². The van der Waals surface area contributed by atoms with Crippen LogP contribution in [0.25, 0.3) is 0 Å². The molecular formula is C20H28FN5O. The number of hydrogen-bond acceptors (Lipinski definition) is 5. The average Bonchev–Trinajstić information content (AvgIpc) is 3.37. The van der Waals surface area contributed by atoms with Gasteiger partial charge in [0.1, 0.15) is 5.82 Å². The summed E-state index contributed by atoms with van der Waals surface area (Å²) < 4.78 is 15.1. The van der Waals surface area contributed by atoms with Crippen molar-refractivity contribution in [2.24, 2.45) is 0 Å². The van der Waals surface area contributed by atoms with Crippen molar-refractivity contribution in [2.45, 2.75) is 44.2 Å². The number of halogens is 1. The quantitative estimate of drug-likeness (QED) is 0.842. The van der Waals surface area contributed by atoms with E-state index in [0.717, 1.165) is 69.7 Å². The number of nitrogens with zero attached hydrogens (tertiary/aromatic N) is 5. The van der Waals surface area contributed by atoms with Gasteiger partial charge in [0.05, 0.1) is 11.7 Å². The van der Waals surface area contributed by atoms with Crippen LogP contribution in [0, 0.1) is 5.82 Å². The van der Waals surface area contributed by atoms with Crippen LogP contribution in [-0.2, 0) is 6.42 Å². The molecule has 2 fully saturated rings. The van der Waals surface area contributed by atoms with Crippen molar-refractivity contribution in [3.8, 4) is 0 Å². The maximum atomic E-state index is 13.1. The summed E-state index contributed by atoms with van der Waals surface area (Å²) in [5.74, 6) is -0.177. The first-order valence-electron chi connectivity index (χ1n) is 9.99. The molecule has 0 amide bonds. The molecule has 2 saturated heterocycles. The molecular weight excluding hydrogens is 345 g/mol. The lowest BCUT2D eigenvalue weighted by atomic mass is 10.0. The van der Waals surface area contributed by atoms with Gasteiger partial charge in [0.25, 0.3) is 0 Å². The Morgan fingerprint density at radius 3 is 2.52 bits per heavy atom. The molecule has 3 heterocycles. The van der Waals surface area contributed by atoms with Crippen LogP contribution in [-0.4, -0.2) is 63.8 Å². The van der Waals surface area contributed by atoms with Crippen LogP contribution >= 0.6 is 0 Å². The summed E-state index contributed by atoms with van der Waals surface area (Å²) in [5, 5.41) is 17.5. The Morgan fingerprint density at radius 2 is 1.78 bits per heavy atom. The molecule has 2 aliphatic heterocycles. The van der Waals surface area contributed by atoms with Crippen LogP contribution in [0.1, 0.15) is 37.4 Å². The Morgan fingerprint density at radius 1 is 1.04 bits per heavy atom. The predicted molar refractivity (Wildman–Crippen MR) is 102 cm³/mol. The van der Waals surface area contributed by atoms with Gasteiger partial charge in [-0.05, 0) is 56.4 Å². The molecule has 0 bridgehead atoms. The minimum Gasteiger partial charge on any atom is -0.396 e. The van der Waals surface area contributed by atoms with E-state index < -0.39 is 0 Å². The SMILES string of the molecule is OCCCc1cn(C2CCN(C3CCN(c4ccc(F)cc4)C3)CC2)nn1. The summed E-state index contributed by atoms with van der Waals surface area (Å²) >= 11 is 0. The Labute approximate surface area is 159 Å². The third-order valence-corrected chi connectivity index (χ3v) is 5.89. The number of likely N-dealkylation sites (tertiary alicyclic amines) is 1. The molecule has 27 heavy (non-hydrogen) atoms. The minimum absolute atomic E-state index is 0.177. The maximum Gasteiger partial charge on any atom is 0.123 e. The summed E-state index contributed by atoms with van der Waals surface area (Å²) in [6.45, 7) is 4.41. The van der Waals surface area contributed by atoms with Crippen molar-refractivity contribution < 1.29 is 9.50 Å². The lowest BCUT2D eigenvalue weighted by molar-refractivity contribution is 0.138. The number of benzene rings is 1. The minimum atomic E-state index is -0.177. The van der Waals surface area contributed by atoms with Crippen LogP contribution < -0.4 is 4.90 Å². The fraction of sp³-hybridized carbons (Fsp3) is 0.600. The van der Waals surface area contributed by atoms with Gasteiger partial charge in [-0.3, -0.25) is 4.90 Å². The number of aliphatic hydroxyl groups excluding tert-OH is 1. The van der Waals surface area contributed by atoms with Crippen molar-refractivity contribution in [3.63, 3.8) is 0 Å². The molecule has 146 valence electrons. The van der Waals surface area contributed by atoms with Crippen LogP contribution in [0.4, 0.5) is 10.1 Å². The van der Waals surface area contributed by atoms with Crippen LogP contribution in [0.2, 0.25) is 0 Å². The van der Waals surface area contributed by atoms with E-state index in [1.807, 2.05) is 23.0 Å². The molecule has 1 atom stereocenters. The summed E-state index contributed by atoms with van der Waals surface area (Å²) in [6, 6.07) is 7.84. The Bertz CT molecular complexity index is 726. The molecule has 2 aromatic rings. The van der Waals surface area contributed by atoms with Gasteiger partial charge in [-0.1, -0.05) is 5.21 Å². The van der Waals surface area contributed by atoms with Gasteiger partial charge < -0.3 is 10.0 Å². The average molecular weight is 373 g/mol. The van der Waals surface area contributed by atoms with E-state index in [4.69, 9.17) is 5.11 Å². The summed E-state index contributed by atoms with van der Waals surface area (Å²) in [7, 11) is 0. The van der Waals surface area contributed by atoms with Crippen molar-refractivity contribution in [3.05, 3.63) is 42.0 Å². The number of aliphatic hydroxyl groups is 1. The van der Waals surface area contributed by atoms with Crippen LogP contribution in [0.5, 0.6) is 0 Å². The van der Waals surface area contributed by atoms with Gasteiger partial charge in [0, 0.05) is 50.7 Å². The number of aromatic nitrogens is 3. The zero-order valence-corrected chi connectivity index (χ0v) is 15.7. The van der Waals surface area contributed by atoms with E-state index in [0.29, 0.717) is 12.1 Å². The number of hydrogen-bond donors (Lipinski definition) is 1. The van der Waals surface area contributed by atoms with Gasteiger partial charge >= 0.3 is 0 Å². The maximum absolute atomic E-state index is 13.1. The first-order chi connectivity index (χ1) is 13.2. The number of piperidine rings is 1. The zero-order valence-electron chi connectivity index (χ0n) is 15.7. The fourth-order valence-electron chi connectivity index (χ4n) is 4.31. The van der Waals surface area contributed by atoms with E-state index >= 15 is 0 Å². The highest BCUT2D eigenvalue weighted by Crippen LogP contribution is 2.28. The molecule has 1 unspecified atom stereocenters. The fourth-order valence-corrected chi connectivity index (χ4v) is 4.31. The van der Waals surface area contributed by atoms with Crippen molar-refractivity contribution >= 4 is 5.69 Å². The van der Waals surface area contributed by atoms with E-state index in [1.165, 1.54) is 0 Å². The highest BCUT2D eigenvalue weighted by molar-refractivity contribution is 5.47. The second kappa shape index (κ2) is 8.35. The molecule has 0 saturated carbocycles. The van der Waals surface area contributed by atoms with Crippen molar-refractivity contribution in [1.82, 2.24) is 19.9 Å². The van der Waals surface area contributed by atoms with Gasteiger partial charge in [-0.2, -0.15) is 0 Å². The largest absolute Gasteiger partial charge is 0.396 e.